The Morgan fingerprint density at radius 2 is 1.75 bits per heavy atom. The van der Waals surface area contributed by atoms with Crippen LogP contribution in [0.5, 0.6) is 0 Å². The summed E-state index contributed by atoms with van der Waals surface area (Å²) in [4.78, 5) is 20.2. The third kappa shape index (κ3) is 4.55. The molecule has 7 nitrogen and oxygen atoms in total. The molecule has 2 aromatic carbocycles. The van der Waals surface area contributed by atoms with E-state index in [9.17, 15) is 18.5 Å². The highest BCUT2D eigenvalue weighted by atomic mass is 32.2. The number of hydrogen-bond acceptors (Lipinski definition) is 7. The van der Waals surface area contributed by atoms with E-state index in [1.54, 1.807) is 36.4 Å². The molecular weight excluding hydrogens is 398 g/mol. The Morgan fingerprint density at radius 3 is 2.36 bits per heavy atom. The molecule has 9 heteroatoms. The van der Waals surface area contributed by atoms with Crippen molar-refractivity contribution in [2.24, 2.45) is 0 Å². The molecule has 0 saturated carbocycles. The molecule has 0 aliphatic heterocycles. The number of aromatic nitrogens is 2. The molecule has 0 saturated heterocycles. The number of rotatable bonds is 6. The SMILES string of the molecule is CCc1cc(Sc2ccccc2S(C)(=O)=O)nc(-c2ccc([N+](=O)[O-])cc2)n1. The maximum atomic E-state index is 12.0. The monoisotopic (exact) mass is 415 g/mol. The molecule has 28 heavy (non-hydrogen) atoms. The molecule has 0 N–H and O–H groups in total. The Kier molecular flexibility index (Phi) is 5.76. The third-order valence-electron chi connectivity index (χ3n) is 3.92. The Morgan fingerprint density at radius 1 is 1.07 bits per heavy atom. The van der Waals surface area contributed by atoms with Gasteiger partial charge in [0.05, 0.1) is 9.82 Å². The first-order valence-electron chi connectivity index (χ1n) is 8.37. The first-order chi connectivity index (χ1) is 13.3. The van der Waals surface area contributed by atoms with Crippen molar-refractivity contribution in [1.82, 2.24) is 9.97 Å². The molecule has 0 radical (unpaired) electrons. The number of nitrogens with zero attached hydrogens (tertiary/aromatic N) is 3. The predicted molar refractivity (Wildman–Crippen MR) is 107 cm³/mol. The first kappa shape index (κ1) is 20.0. The molecule has 0 aliphatic rings. The largest absolute Gasteiger partial charge is 0.269 e. The molecule has 0 fully saturated rings. The van der Waals surface area contributed by atoms with E-state index in [4.69, 9.17) is 0 Å². The normalized spacial score (nSPS) is 11.4. The van der Waals surface area contributed by atoms with Crippen molar-refractivity contribution in [3.05, 3.63) is 70.4 Å². The van der Waals surface area contributed by atoms with Gasteiger partial charge in [0.25, 0.3) is 5.69 Å². The van der Waals surface area contributed by atoms with E-state index in [1.807, 2.05) is 13.0 Å². The van der Waals surface area contributed by atoms with Gasteiger partial charge in [-0.25, -0.2) is 18.4 Å². The molecule has 1 heterocycles. The number of aryl methyl sites for hydroxylation is 1. The molecule has 144 valence electrons. The number of nitro groups is 1. The van der Waals surface area contributed by atoms with E-state index in [1.165, 1.54) is 30.2 Å². The lowest BCUT2D eigenvalue weighted by Gasteiger charge is -2.09. The Bertz CT molecular complexity index is 1130. The van der Waals surface area contributed by atoms with Gasteiger partial charge in [-0.05, 0) is 36.8 Å². The smallest absolute Gasteiger partial charge is 0.258 e. The van der Waals surface area contributed by atoms with Gasteiger partial charge >= 0.3 is 0 Å². The second kappa shape index (κ2) is 8.07. The summed E-state index contributed by atoms with van der Waals surface area (Å²) in [6.07, 6.45) is 1.84. The van der Waals surface area contributed by atoms with Crippen molar-refractivity contribution in [3.8, 4) is 11.4 Å². The lowest BCUT2D eigenvalue weighted by atomic mass is 10.2. The van der Waals surface area contributed by atoms with Gasteiger partial charge in [-0.3, -0.25) is 10.1 Å². The van der Waals surface area contributed by atoms with Gasteiger partial charge in [0.15, 0.2) is 15.7 Å². The lowest BCUT2D eigenvalue weighted by molar-refractivity contribution is -0.384. The summed E-state index contributed by atoms with van der Waals surface area (Å²) in [6.45, 7) is 1.96. The fourth-order valence-electron chi connectivity index (χ4n) is 2.52. The molecule has 0 bridgehead atoms. The molecule has 0 aliphatic carbocycles. The van der Waals surface area contributed by atoms with E-state index >= 15 is 0 Å². The summed E-state index contributed by atoms with van der Waals surface area (Å²) in [5.41, 5.74) is 1.44. The van der Waals surface area contributed by atoms with Gasteiger partial charge in [-0.15, -0.1) is 0 Å². The Labute approximate surface area is 166 Å². The van der Waals surface area contributed by atoms with E-state index < -0.39 is 14.8 Å². The first-order valence-corrected chi connectivity index (χ1v) is 11.1. The average molecular weight is 415 g/mol. The maximum Gasteiger partial charge on any atom is 0.269 e. The maximum absolute atomic E-state index is 12.0. The van der Waals surface area contributed by atoms with Crippen LogP contribution in [0.4, 0.5) is 5.69 Å². The number of sulfone groups is 1. The van der Waals surface area contributed by atoms with E-state index in [2.05, 4.69) is 9.97 Å². The number of nitro benzene ring substituents is 1. The van der Waals surface area contributed by atoms with Crippen LogP contribution < -0.4 is 0 Å². The van der Waals surface area contributed by atoms with E-state index in [0.29, 0.717) is 27.7 Å². The second-order valence-corrected chi connectivity index (χ2v) is 9.05. The summed E-state index contributed by atoms with van der Waals surface area (Å²) < 4.78 is 24.1. The standard InChI is InChI=1S/C19H17N3O4S2/c1-3-14-12-18(27-16-6-4-5-7-17(16)28(2,25)26)21-19(20-14)13-8-10-15(11-9-13)22(23)24/h4-12H,3H2,1-2H3. The van der Waals surface area contributed by atoms with Crippen LogP contribution in [0.25, 0.3) is 11.4 Å². The second-order valence-electron chi connectivity index (χ2n) is 6.00. The van der Waals surface area contributed by atoms with Crippen molar-refractivity contribution in [2.45, 2.75) is 28.2 Å². The van der Waals surface area contributed by atoms with Crippen LogP contribution in [-0.2, 0) is 16.3 Å². The molecule has 0 atom stereocenters. The Hall–Kier alpha value is -2.78. The highest BCUT2D eigenvalue weighted by molar-refractivity contribution is 8.00. The van der Waals surface area contributed by atoms with Gasteiger partial charge in [-0.2, -0.15) is 0 Å². The van der Waals surface area contributed by atoms with Crippen LogP contribution >= 0.6 is 11.8 Å². The quantitative estimate of drug-likeness (QED) is 0.338. The van der Waals surface area contributed by atoms with Crippen LogP contribution in [0.3, 0.4) is 0 Å². The summed E-state index contributed by atoms with van der Waals surface area (Å²) in [5, 5.41) is 11.4. The van der Waals surface area contributed by atoms with Crippen molar-refractivity contribution in [3.63, 3.8) is 0 Å². The topological polar surface area (TPSA) is 103 Å². The summed E-state index contributed by atoms with van der Waals surface area (Å²) >= 11 is 1.25. The molecule has 0 unspecified atom stereocenters. The molecular formula is C19H17N3O4S2. The zero-order valence-corrected chi connectivity index (χ0v) is 16.8. The van der Waals surface area contributed by atoms with Crippen molar-refractivity contribution in [1.29, 1.82) is 0 Å². The van der Waals surface area contributed by atoms with Gasteiger partial charge < -0.3 is 0 Å². The molecule has 3 rings (SSSR count). The van der Waals surface area contributed by atoms with Crippen molar-refractivity contribution in [2.75, 3.05) is 6.26 Å². The molecule has 0 amide bonds. The average Bonchev–Trinajstić information content (AvgIpc) is 2.67. The van der Waals surface area contributed by atoms with E-state index in [-0.39, 0.29) is 10.6 Å². The minimum atomic E-state index is -3.37. The highest BCUT2D eigenvalue weighted by Crippen LogP contribution is 2.33. The lowest BCUT2D eigenvalue weighted by Crippen LogP contribution is -2.00. The number of benzene rings is 2. The predicted octanol–water partition coefficient (Wildman–Crippen LogP) is 4.17. The fourth-order valence-corrected chi connectivity index (χ4v) is 4.73. The number of hydrogen-bond donors (Lipinski definition) is 0. The van der Waals surface area contributed by atoms with Crippen molar-refractivity contribution >= 4 is 27.3 Å². The van der Waals surface area contributed by atoms with Crippen LogP contribution in [0, 0.1) is 10.1 Å². The minimum Gasteiger partial charge on any atom is -0.258 e. The van der Waals surface area contributed by atoms with Crippen LogP contribution in [0.1, 0.15) is 12.6 Å². The van der Waals surface area contributed by atoms with Crippen LogP contribution in [0.15, 0.2) is 69.4 Å². The number of non-ortho nitro benzene ring substituents is 1. The summed E-state index contributed by atoms with van der Waals surface area (Å²) in [5.74, 6) is 0.439. The highest BCUT2D eigenvalue weighted by Gasteiger charge is 2.16. The van der Waals surface area contributed by atoms with Gasteiger partial charge in [0.1, 0.15) is 5.03 Å². The molecule has 0 spiro atoms. The fraction of sp³-hybridized carbons (Fsp3) is 0.158. The van der Waals surface area contributed by atoms with Gasteiger partial charge in [0.2, 0.25) is 0 Å². The van der Waals surface area contributed by atoms with Crippen molar-refractivity contribution < 1.29 is 13.3 Å². The minimum absolute atomic E-state index is 0.00734. The third-order valence-corrected chi connectivity index (χ3v) is 6.20. The zero-order valence-electron chi connectivity index (χ0n) is 15.2. The summed E-state index contributed by atoms with van der Waals surface area (Å²) in [6, 6.07) is 14.6. The van der Waals surface area contributed by atoms with Gasteiger partial charge in [-0.1, -0.05) is 30.8 Å². The molecule has 1 aromatic heterocycles. The molecule has 3 aromatic rings. The van der Waals surface area contributed by atoms with Crippen LogP contribution in [0.2, 0.25) is 0 Å². The van der Waals surface area contributed by atoms with Crippen LogP contribution in [-0.4, -0.2) is 29.6 Å². The van der Waals surface area contributed by atoms with E-state index in [0.717, 1.165) is 5.69 Å². The van der Waals surface area contributed by atoms with Gasteiger partial charge in [0, 0.05) is 34.5 Å². The Balaban J connectivity index is 2.02. The zero-order chi connectivity index (χ0) is 20.3. The summed E-state index contributed by atoms with van der Waals surface area (Å²) in [7, 11) is -3.37.